The highest BCUT2D eigenvalue weighted by atomic mass is 16.7. The standard InChI is InChI=1S/C20H23NO4/c1-3-22-18-8-15-7-13(2)25-19(15)9-16(18)11-21-10-14-5-4-6-17-20(14)24-12-23-17/h4-6,8-9,13,21H,3,7,10-12H2,1-2H3/t13-/m0/s1. The van der Waals surface area contributed by atoms with Crippen molar-refractivity contribution in [2.75, 3.05) is 13.4 Å². The molecule has 2 aliphatic heterocycles. The highest BCUT2D eigenvalue weighted by Crippen LogP contribution is 2.36. The molecule has 2 aliphatic rings. The van der Waals surface area contributed by atoms with Crippen molar-refractivity contribution in [1.29, 1.82) is 0 Å². The van der Waals surface area contributed by atoms with Crippen LogP contribution in [0.1, 0.15) is 30.5 Å². The van der Waals surface area contributed by atoms with Crippen LogP contribution in [0.4, 0.5) is 0 Å². The van der Waals surface area contributed by atoms with E-state index in [-0.39, 0.29) is 6.10 Å². The van der Waals surface area contributed by atoms with Crippen LogP contribution >= 0.6 is 0 Å². The first-order valence-electron chi connectivity index (χ1n) is 8.78. The average Bonchev–Trinajstić information content (AvgIpc) is 3.21. The Kier molecular flexibility index (Phi) is 4.40. The fourth-order valence-corrected chi connectivity index (χ4v) is 3.37. The molecule has 2 aromatic carbocycles. The SMILES string of the molecule is CCOc1cc2c(cc1CNCc1cccc3c1OCO3)O[C@@H](C)C2. The molecular formula is C20H23NO4. The van der Waals surface area contributed by atoms with Gasteiger partial charge in [-0.1, -0.05) is 12.1 Å². The maximum atomic E-state index is 5.89. The molecule has 25 heavy (non-hydrogen) atoms. The average molecular weight is 341 g/mol. The van der Waals surface area contributed by atoms with E-state index in [1.807, 2.05) is 19.1 Å². The van der Waals surface area contributed by atoms with E-state index < -0.39 is 0 Å². The largest absolute Gasteiger partial charge is 0.494 e. The van der Waals surface area contributed by atoms with E-state index in [1.54, 1.807) is 0 Å². The van der Waals surface area contributed by atoms with Gasteiger partial charge in [0.05, 0.1) is 6.61 Å². The predicted octanol–water partition coefficient (Wildman–Crippen LogP) is 3.43. The molecule has 0 saturated heterocycles. The Balaban J connectivity index is 1.48. The van der Waals surface area contributed by atoms with Crippen LogP contribution < -0.4 is 24.3 Å². The Bertz CT molecular complexity index is 775. The number of ether oxygens (including phenoxy) is 4. The molecule has 132 valence electrons. The van der Waals surface area contributed by atoms with Crippen molar-refractivity contribution in [2.45, 2.75) is 39.5 Å². The van der Waals surface area contributed by atoms with Gasteiger partial charge < -0.3 is 24.3 Å². The van der Waals surface area contributed by atoms with Gasteiger partial charge >= 0.3 is 0 Å². The molecule has 0 unspecified atom stereocenters. The van der Waals surface area contributed by atoms with Crippen molar-refractivity contribution >= 4 is 0 Å². The maximum Gasteiger partial charge on any atom is 0.231 e. The minimum absolute atomic E-state index is 0.233. The molecule has 1 N–H and O–H groups in total. The Morgan fingerprint density at radius 1 is 1.12 bits per heavy atom. The summed E-state index contributed by atoms with van der Waals surface area (Å²) in [5.74, 6) is 3.56. The first kappa shape index (κ1) is 16.1. The molecule has 4 rings (SSSR count). The Labute approximate surface area is 147 Å². The van der Waals surface area contributed by atoms with E-state index in [0.717, 1.165) is 40.5 Å². The third kappa shape index (κ3) is 3.24. The molecule has 0 aliphatic carbocycles. The summed E-state index contributed by atoms with van der Waals surface area (Å²) in [6, 6.07) is 10.2. The lowest BCUT2D eigenvalue weighted by Gasteiger charge is -2.14. The zero-order chi connectivity index (χ0) is 17.2. The number of hydrogen-bond donors (Lipinski definition) is 1. The zero-order valence-corrected chi connectivity index (χ0v) is 14.6. The van der Waals surface area contributed by atoms with Crippen molar-refractivity contribution in [3.8, 4) is 23.0 Å². The zero-order valence-electron chi connectivity index (χ0n) is 14.6. The van der Waals surface area contributed by atoms with Gasteiger partial charge in [0.25, 0.3) is 0 Å². The second-order valence-electron chi connectivity index (χ2n) is 6.39. The van der Waals surface area contributed by atoms with Gasteiger partial charge in [-0.3, -0.25) is 0 Å². The van der Waals surface area contributed by atoms with Gasteiger partial charge in [-0.25, -0.2) is 0 Å². The summed E-state index contributed by atoms with van der Waals surface area (Å²) >= 11 is 0. The minimum atomic E-state index is 0.233. The van der Waals surface area contributed by atoms with Crippen molar-refractivity contribution in [1.82, 2.24) is 5.32 Å². The third-order valence-corrected chi connectivity index (χ3v) is 4.49. The summed E-state index contributed by atoms with van der Waals surface area (Å²) in [7, 11) is 0. The normalized spacial score (nSPS) is 17.3. The lowest BCUT2D eigenvalue weighted by molar-refractivity contribution is 0.173. The number of fused-ring (bicyclic) bond motifs is 2. The third-order valence-electron chi connectivity index (χ3n) is 4.49. The predicted molar refractivity (Wildman–Crippen MR) is 94.5 cm³/mol. The molecule has 0 aromatic heterocycles. The Morgan fingerprint density at radius 3 is 2.88 bits per heavy atom. The molecule has 5 nitrogen and oxygen atoms in total. The number of para-hydroxylation sites is 1. The van der Waals surface area contributed by atoms with Crippen LogP contribution in [0.15, 0.2) is 30.3 Å². The minimum Gasteiger partial charge on any atom is -0.494 e. The Morgan fingerprint density at radius 2 is 2.00 bits per heavy atom. The van der Waals surface area contributed by atoms with Crippen LogP contribution in [-0.2, 0) is 19.5 Å². The first-order chi connectivity index (χ1) is 12.2. The van der Waals surface area contributed by atoms with Crippen LogP contribution in [0.3, 0.4) is 0 Å². The molecule has 5 heteroatoms. The molecule has 2 aromatic rings. The molecule has 0 fully saturated rings. The number of nitrogens with one attached hydrogen (secondary N) is 1. The van der Waals surface area contributed by atoms with Gasteiger partial charge in [0, 0.05) is 36.2 Å². The smallest absolute Gasteiger partial charge is 0.231 e. The van der Waals surface area contributed by atoms with Crippen LogP contribution in [0.25, 0.3) is 0 Å². The van der Waals surface area contributed by atoms with E-state index in [0.29, 0.717) is 26.5 Å². The highest BCUT2D eigenvalue weighted by molar-refractivity contribution is 5.49. The molecular weight excluding hydrogens is 318 g/mol. The van der Waals surface area contributed by atoms with Crippen molar-refractivity contribution < 1.29 is 18.9 Å². The highest BCUT2D eigenvalue weighted by Gasteiger charge is 2.22. The Hall–Kier alpha value is -2.40. The van der Waals surface area contributed by atoms with Crippen molar-refractivity contribution in [2.24, 2.45) is 0 Å². The van der Waals surface area contributed by atoms with Gasteiger partial charge in [-0.2, -0.15) is 0 Å². The monoisotopic (exact) mass is 341 g/mol. The van der Waals surface area contributed by atoms with Gasteiger partial charge in [0.1, 0.15) is 17.6 Å². The van der Waals surface area contributed by atoms with E-state index in [2.05, 4.69) is 30.4 Å². The maximum absolute atomic E-state index is 5.89. The van der Waals surface area contributed by atoms with Gasteiger partial charge in [0.2, 0.25) is 6.79 Å². The summed E-state index contributed by atoms with van der Waals surface area (Å²) in [5, 5.41) is 3.48. The van der Waals surface area contributed by atoms with E-state index in [9.17, 15) is 0 Å². The second-order valence-corrected chi connectivity index (χ2v) is 6.39. The second kappa shape index (κ2) is 6.84. The summed E-state index contributed by atoms with van der Waals surface area (Å²) in [6.45, 7) is 6.45. The summed E-state index contributed by atoms with van der Waals surface area (Å²) in [6.07, 6.45) is 1.17. The quantitative estimate of drug-likeness (QED) is 0.872. The van der Waals surface area contributed by atoms with Crippen LogP contribution in [0.5, 0.6) is 23.0 Å². The molecule has 1 atom stereocenters. The topological polar surface area (TPSA) is 49.0 Å². The van der Waals surface area contributed by atoms with Crippen LogP contribution in [0.2, 0.25) is 0 Å². The molecule has 2 heterocycles. The molecule has 0 spiro atoms. The van der Waals surface area contributed by atoms with E-state index in [4.69, 9.17) is 18.9 Å². The fraction of sp³-hybridized carbons (Fsp3) is 0.400. The van der Waals surface area contributed by atoms with Crippen LogP contribution in [0, 0.1) is 0 Å². The molecule has 0 saturated carbocycles. The van der Waals surface area contributed by atoms with E-state index >= 15 is 0 Å². The lowest BCUT2D eigenvalue weighted by Crippen LogP contribution is -2.14. The number of rotatable bonds is 6. The summed E-state index contributed by atoms with van der Waals surface area (Å²) < 4.78 is 22.7. The first-order valence-corrected chi connectivity index (χ1v) is 8.78. The molecule has 0 radical (unpaired) electrons. The molecule has 0 bridgehead atoms. The summed E-state index contributed by atoms with van der Waals surface area (Å²) in [4.78, 5) is 0. The van der Waals surface area contributed by atoms with Gasteiger partial charge in [0.15, 0.2) is 11.5 Å². The van der Waals surface area contributed by atoms with Crippen molar-refractivity contribution in [3.05, 3.63) is 47.0 Å². The fourth-order valence-electron chi connectivity index (χ4n) is 3.37. The molecule has 0 amide bonds. The van der Waals surface area contributed by atoms with Gasteiger partial charge in [-0.05, 0) is 32.0 Å². The number of benzene rings is 2. The number of hydrogen-bond acceptors (Lipinski definition) is 5. The van der Waals surface area contributed by atoms with Crippen LogP contribution in [-0.4, -0.2) is 19.5 Å². The van der Waals surface area contributed by atoms with E-state index in [1.165, 1.54) is 5.56 Å². The van der Waals surface area contributed by atoms with Gasteiger partial charge in [-0.15, -0.1) is 0 Å². The van der Waals surface area contributed by atoms with Crippen molar-refractivity contribution in [3.63, 3.8) is 0 Å². The summed E-state index contributed by atoms with van der Waals surface area (Å²) in [5.41, 5.74) is 3.43. The lowest BCUT2D eigenvalue weighted by atomic mass is 10.1.